The number of amides is 1. The Kier molecular flexibility index (Phi) is 5.95. The summed E-state index contributed by atoms with van der Waals surface area (Å²) < 4.78 is 5.11. The molecule has 0 saturated carbocycles. The van der Waals surface area contributed by atoms with Crippen LogP contribution in [0.4, 0.5) is 0 Å². The number of carbonyl (C=O) groups is 2. The van der Waals surface area contributed by atoms with E-state index < -0.39 is 17.7 Å². The zero-order valence-electron chi connectivity index (χ0n) is 12.7. The van der Waals surface area contributed by atoms with Gasteiger partial charge in [0.05, 0.1) is 18.8 Å². The summed E-state index contributed by atoms with van der Waals surface area (Å²) in [5, 5.41) is 5.78. The van der Waals surface area contributed by atoms with Crippen LogP contribution in [0.5, 0.6) is 0 Å². The van der Waals surface area contributed by atoms with E-state index in [0.717, 1.165) is 6.42 Å². The standard InChI is InChI=1S/C15H24N2O3/c1-5-7-12(17-15(2,3)4)13(18)14(19)16-10-11-8-6-9-20-11/h6,8-9,12,17H,5,7,10H2,1-4H3,(H,16,19). The summed E-state index contributed by atoms with van der Waals surface area (Å²) in [4.78, 5) is 24.1. The number of nitrogens with one attached hydrogen (secondary N) is 2. The Balaban J connectivity index is 2.56. The lowest BCUT2D eigenvalue weighted by Crippen LogP contribution is -2.51. The van der Waals surface area contributed by atoms with E-state index in [0.29, 0.717) is 12.2 Å². The van der Waals surface area contributed by atoms with Crippen LogP contribution in [-0.2, 0) is 16.1 Å². The highest BCUT2D eigenvalue weighted by molar-refractivity contribution is 6.38. The van der Waals surface area contributed by atoms with E-state index in [1.807, 2.05) is 27.7 Å². The predicted molar refractivity (Wildman–Crippen MR) is 77.1 cm³/mol. The second-order valence-corrected chi connectivity index (χ2v) is 5.86. The van der Waals surface area contributed by atoms with E-state index in [9.17, 15) is 9.59 Å². The van der Waals surface area contributed by atoms with Gasteiger partial charge in [-0.3, -0.25) is 9.59 Å². The summed E-state index contributed by atoms with van der Waals surface area (Å²) in [5.41, 5.74) is -0.212. The van der Waals surface area contributed by atoms with Gasteiger partial charge in [0, 0.05) is 5.54 Å². The van der Waals surface area contributed by atoms with Crippen molar-refractivity contribution in [3.8, 4) is 0 Å². The molecule has 2 N–H and O–H groups in total. The molecule has 0 aliphatic heterocycles. The molecule has 1 rings (SSSR count). The molecule has 0 aliphatic rings. The van der Waals surface area contributed by atoms with E-state index in [-0.39, 0.29) is 12.1 Å². The molecule has 0 aromatic carbocycles. The molecule has 1 unspecified atom stereocenters. The lowest BCUT2D eigenvalue weighted by Gasteiger charge is -2.27. The molecule has 1 aromatic rings. The molecule has 0 aliphatic carbocycles. The lowest BCUT2D eigenvalue weighted by molar-refractivity contribution is -0.139. The molecule has 1 atom stereocenters. The molecule has 1 amide bonds. The number of carbonyl (C=O) groups excluding carboxylic acids is 2. The Morgan fingerprint density at radius 2 is 2.05 bits per heavy atom. The highest BCUT2D eigenvalue weighted by atomic mass is 16.3. The Morgan fingerprint density at radius 3 is 2.55 bits per heavy atom. The summed E-state index contributed by atoms with van der Waals surface area (Å²) in [5.74, 6) is -0.369. The second-order valence-electron chi connectivity index (χ2n) is 5.86. The number of Topliss-reactive ketones (excluding diaryl/α,β-unsaturated/α-hetero) is 1. The fourth-order valence-corrected chi connectivity index (χ4v) is 1.91. The Morgan fingerprint density at radius 1 is 1.35 bits per heavy atom. The van der Waals surface area contributed by atoms with Gasteiger partial charge in [-0.2, -0.15) is 0 Å². The van der Waals surface area contributed by atoms with E-state index in [1.54, 1.807) is 12.1 Å². The highest BCUT2D eigenvalue weighted by Gasteiger charge is 2.27. The summed E-state index contributed by atoms with van der Waals surface area (Å²) in [7, 11) is 0. The molecule has 1 heterocycles. The van der Waals surface area contributed by atoms with Gasteiger partial charge in [0.2, 0.25) is 5.78 Å². The van der Waals surface area contributed by atoms with Gasteiger partial charge in [0.25, 0.3) is 5.91 Å². The van der Waals surface area contributed by atoms with Crippen LogP contribution < -0.4 is 10.6 Å². The van der Waals surface area contributed by atoms with Crippen molar-refractivity contribution in [2.45, 2.75) is 58.7 Å². The van der Waals surface area contributed by atoms with Crippen molar-refractivity contribution in [2.24, 2.45) is 0 Å². The molecule has 0 bridgehead atoms. The summed E-state index contributed by atoms with van der Waals surface area (Å²) in [6.07, 6.45) is 3.01. The number of hydrogen-bond acceptors (Lipinski definition) is 4. The molecular formula is C15H24N2O3. The van der Waals surface area contributed by atoms with E-state index in [4.69, 9.17) is 4.42 Å². The molecule has 5 nitrogen and oxygen atoms in total. The van der Waals surface area contributed by atoms with Crippen LogP contribution in [0, 0.1) is 0 Å². The number of ketones is 1. The average Bonchev–Trinajstić information content (AvgIpc) is 2.86. The number of hydrogen-bond donors (Lipinski definition) is 2. The predicted octanol–water partition coefficient (Wildman–Crippen LogP) is 2.02. The summed E-state index contributed by atoms with van der Waals surface area (Å²) in [6.45, 7) is 8.15. The third-order valence-electron chi connectivity index (χ3n) is 2.73. The van der Waals surface area contributed by atoms with Crippen LogP contribution in [0.3, 0.4) is 0 Å². The van der Waals surface area contributed by atoms with Crippen molar-refractivity contribution in [3.05, 3.63) is 24.2 Å². The highest BCUT2D eigenvalue weighted by Crippen LogP contribution is 2.07. The fraction of sp³-hybridized carbons (Fsp3) is 0.600. The van der Waals surface area contributed by atoms with Gasteiger partial charge >= 0.3 is 0 Å². The zero-order valence-corrected chi connectivity index (χ0v) is 12.7. The minimum atomic E-state index is -0.573. The molecule has 0 spiro atoms. The smallest absolute Gasteiger partial charge is 0.289 e. The first-order valence-corrected chi connectivity index (χ1v) is 6.95. The molecule has 1 aromatic heterocycles. The van der Waals surface area contributed by atoms with Gasteiger partial charge in [0.15, 0.2) is 0 Å². The van der Waals surface area contributed by atoms with Crippen LogP contribution in [0.25, 0.3) is 0 Å². The van der Waals surface area contributed by atoms with Gasteiger partial charge in [-0.25, -0.2) is 0 Å². The summed E-state index contributed by atoms with van der Waals surface area (Å²) >= 11 is 0. The molecule has 5 heteroatoms. The Bertz CT molecular complexity index is 432. The van der Waals surface area contributed by atoms with Gasteiger partial charge in [-0.05, 0) is 39.3 Å². The van der Waals surface area contributed by atoms with Crippen LogP contribution in [-0.4, -0.2) is 23.3 Å². The van der Waals surface area contributed by atoms with Crippen LogP contribution in [0.1, 0.15) is 46.3 Å². The largest absolute Gasteiger partial charge is 0.467 e. The van der Waals surface area contributed by atoms with Crippen molar-refractivity contribution in [1.29, 1.82) is 0 Å². The quantitative estimate of drug-likeness (QED) is 0.750. The normalized spacial score (nSPS) is 13.0. The van der Waals surface area contributed by atoms with E-state index in [2.05, 4.69) is 10.6 Å². The molecule has 0 fully saturated rings. The van der Waals surface area contributed by atoms with Gasteiger partial charge in [-0.15, -0.1) is 0 Å². The number of furan rings is 1. The molecule has 20 heavy (non-hydrogen) atoms. The van der Waals surface area contributed by atoms with Crippen molar-refractivity contribution in [2.75, 3.05) is 0 Å². The third-order valence-corrected chi connectivity index (χ3v) is 2.73. The molecule has 0 saturated heterocycles. The maximum absolute atomic E-state index is 12.2. The topological polar surface area (TPSA) is 71.3 Å². The van der Waals surface area contributed by atoms with Crippen LogP contribution in [0.15, 0.2) is 22.8 Å². The van der Waals surface area contributed by atoms with Crippen molar-refractivity contribution in [1.82, 2.24) is 10.6 Å². The fourth-order valence-electron chi connectivity index (χ4n) is 1.91. The van der Waals surface area contributed by atoms with Gasteiger partial charge < -0.3 is 15.1 Å². The Labute approximate surface area is 120 Å². The molecule has 112 valence electrons. The third kappa shape index (κ3) is 5.57. The first kappa shape index (κ1) is 16.4. The van der Waals surface area contributed by atoms with Crippen LogP contribution >= 0.6 is 0 Å². The molecule has 0 radical (unpaired) electrons. The summed E-state index contributed by atoms with van der Waals surface area (Å²) in [6, 6.07) is 3.04. The van der Waals surface area contributed by atoms with Crippen molar-refractivity contribution < 1.29 is 14.0 Å². The Hall–Kier alpha value is -1.62. The zero-order chi connectivity index (χ0) is 15.2. The van der Waals surface area contributed by atoms with Gasteiger partial charge in [0.1, 0.15) is 5.76 Å². The van der Waals surface area contributed by atoms with Gasteiger partial charge in [-0.1, -0.05) is 13.3 Å². The molecular weight excluding hydrogens is 256 g/mol. The minimum absolute atomic E-state index is 0.212. The second kappa shape index (κ2) is 7.24. The maximum atomic E-state index is 12.2. The maximum Gasteiger partial charge on any atom is 0.289 e. The monoisotopic (exact) mass is 280 g/mol. The first-order chi connectivity index (χ1) is 9.33. The lowest BCUT2D eigenvalue weighted by atomic mass is 10.0. The SMILES string of the molecule is CCCC(NC(C)(C)C)C(=O)C(=O)NCc1ccco1. The van der Waals surface area contributed by atoms with E-state index in [1.165, 1.54) is 6.26 Å². The number of rotatable bonds is 7. The minimum Gasteiger partial charge on any atom is -0.467 e. The van der Waals surface area contributed by atoms with Crippen LogP contribution in [0.2, 0.25) is 0 Å². The first-order valence-electron chi connectivity index (χ1n) is 6.95. The van der Waals surface area contributed by atoms with Crippen molar-refractivity contribution in [3.63, 3.8) is 0 Å². The van der Waals surface area contributed by atoms with E-state index >= 15 is 0 Å². The average molecular weight is 280 g/mol. The van der Waals surface area contributed by atoms with Crippen molar-refractivity contribution >= 4 is 11.7 Å².